The highest BCUT2D eigenvalue weighted by Crippen LogP contribution is 2.21. The summed E-state index contributed by atoms with van der Waals surface area (Å²) in [5, 5.41) is 8.77. The molecule has 1 N–H and O–H groups in total. The molecule has 5 heteroatoms. The van der Waals surface area contributed by atoms with Gasteiger partial charge in [-0.1, -0.05) is 28.1 Å². The van der Waals surface area contributed by atoms with Gasteiger partial charge >= 0.3 is 5.97 Å². The maximum Gasteiger partial charge on any atom is 0.371 e. The third-order valence-electron chi connectivity index (χ3n) is 2.65. The average molecular weight is 325 g/mol. The molecule has 0 fully saturated rings. The van der Waals surface area contributed by atoms with Gasteiger partial charge in [0.15, 0.2) is 0 Å². The van der Waals surface area contributed by atoms with Crippen LogP contribution in [0.3, 0.4) is 0 Å². The summed E-state index contributed by atoms with van der Waals surface area (Å²) in [5.74, 6) is -0.644. The number of hydrogen-bond donors (Lipinski definition) is 1. The van der Waals surface area contributed by atoms with E-state index in [4.69, 9.17) is 14.3 Å². The van der Waals surface area contributed by atoms with Crippen LogP contribution in [-0.2, 0) is 11.3 Å². The van der Waals surface area contributed by atoms with Gasteiger partial charge in [0.2, 0.25) is 5.76 Å². The lowest BCUT2D eigenvalue weighted by molar-refractivity contribution is 0.0360. The van der Waals surface area contributed by atoms with Crippen molar-refractivity contribution in [3.05, 3.63) is 58.0 Å². The number of benzene rings is 1. The Kier molecular flexibility index (Phi) is 4.39. The molecule has 4 nitrogen and oxygen atoms in total. The lowest BCUT2D eigenvalue weighted by atomic mass is 10.2. The van der Waals surface area contributed by atoms with Crippen LogP contribution in [0.5, 0.6) is 0 Å². The number of ether oxygens (including phenoxy) is 1. The topological polar surface area (TPSA) is 59.7 Å². The number of aromatic carboxylic acids is 1. The Balaban J connectivity index is 1.95. The summed E-state index contributed by atoms with van der Waals surface area (Å²) in [6.45, 7) is 2.26. The molecule has 1 atom stereocenters. The van der Waals surface area contributed by atoms with Crippen LogP contribution in [0.4, 0.5) is 0 Å². The van der Waals surface area contributed by atoms with E-state index in [-0.39, 0.29) is 11.9 Å². The number of rotatable bonds is 5. The molecule has 0 aliphatic heterocycles. The number of furan rings is 1. The Hall–Kier alpha value is -1.59. The molecule has 0 spiro atoms. The molecule has 0 amide bonds. The molecular weight excluding hydrogens is 312 g/mol. The smallest absolute Gasteiger partial charge is 0.371 e. The summed E-state index contributed by atoms with van der Waals surface area (Å²) in [7, 11) is 0. The van der Waals surface area contributed by atoms with Crippen molar-refractivity contribution in [2.75, 3.05) is 0 Å². The molecular formula is C14H13BrO4. The van der Waals surface area contributed by atoms with Crippen LogP contribution in [-0.4, -0.2) is 11.1 Å². The zero-order chi connectivity index (χ0) is 13.8. The molecule has 19 heavy (non-hydrogen) atoms. The van der Waals surface area contributed by atoms with Gasteiger partial charge in [0.1, 0.15) is 11.9 Å². The van der Waals surface area contributed by atoms with Crippen molar-refractivity contribution in [2.45, 2.75) is 19.6 Å². The van der Waals surface area contributed by atoms with Crippen molar-refractivity contribution in [1.82, 2.24) is 0 Å². The zero-order valence-corrected chi connectivity index (χ0v) is 11.9. The Labute approximate surface area is 119 Å². The summed E-state index contributed by atoms with van der Waals surface area (Å²) in [5.41, 5.74) is 1.04. The summed E-state index contributed by atoms with van der Waals surface area (Å²) in [6, 6.07) is 10.9. The highest BCUT2D eigenvalue weighted by atomic mass is 79.9. The second kappa shape index (κ2) is 6.04. The van der Waals surface area contributed by atoms with Crippen LogP contribution in [0.25, 0.3) is 0 Å². The van der Waals surface area contributed by atoms with Crippen molar-refractivity contribution >= 4 is 21.9 Å². The monoisotopic (exact) mass is 324 g/mol. The molecule has 0 radical (unpaired) electrons. The Morgan fingerprint density at radius 1 is 1.32 bits per heavy atom. The minimum atomic E-state index is -1.08. The number of halogens is 1. The van der Waals surface area contributed by atoms with E-state index >= 15 is 0 Å². The second-order valence-electron chi connectivity index (χ2n) is 4.09. The first kappa shape index (κ1) is 13.8. The maximum absolute atomic E-state index is 10.7. The third-order valence-corrected chi connectivity index (χ3v) is 3.18. The SMILES string of the molecule is CC(OCc1ccc(Br)cc1)c1ccc(C(=O)O)o1. The number of carboxylic acids is 1. The van der Waals surface area contributed by atoms with Crippen molar-refractivity contribution in [3.63, 3.8) is 0 Å². The van der Waals surface area contributed by atoms with Gasteiger partial charge in [-0.05, 0) is 36.8 Å². The fourth-order valence-corrected chi connectivity index (χ4v) is 1.83. The Bertz CT molecular complexity index is 559. The van der Waals surface area contributed by atoms with Gasteiger partial charge < -0.3 is 14.3 Å². The largest absolute Gasteiger partial charge is 0.475 e. The molecule has 0 aliphatic rings. The van der Waals surface area contributed by atoms with Crippen molar-refractivity contribution in [1.29, 1.82) is 0 Å². The van der Waals surface area contributed by atoms with E-state index in [1.807, 2.05) is 31.2 Å². The molecule has 2 rings (SSSR count). The van der Waals surface area contributed by atoms with Crippen LogP contribution in [0, 0.1) is 0 Å². The van der Waals surface area contributed by atoms with E-state index in [0.717, 1.165) is 10.0 Å². The van der Waals surface area contributed by atoms with Gasteiger partial charge in [0.05, 0.1) is 6.61 Å². The zero-order valence-electron chi connectivity index (χ0n) is 10.3. The van der Waals surface area contributed by atoms with E-state index in [1.54, 1.807) is 6.07 Å². The fourth-order valence-electron chi connectivity index (χ4n) is 1.57. The highest BCUT2D eigenvalue weighted by molar-refractivity contribution is 9.10. The van der Waals surface area contributed by atoms with Crippen LogP contribution >= 0.6 is 15.9 Å². The van der Waals surface area contributed by atoms with Crippen LogP contribution in [0.15, 0.2) is 45.3 Å². The average Bonchev–Trinajstić information content (AvgIpc) is 2.87. The van der Waals surface area contributed by atoms with E-state index in [1.165, 1.54) is 6.07 Å². The highest BCUT2D eigenvalue weighted by Gasteiger charge is 2.14. The molecule has 0 bridgehead atoms. The minimum Gasteiger partial charge on any atom is -0.475 e. The minimum absolute atomic E-state index is 0.0749. The van der Waals surface area contributed by atoms with E-state index in [9.17, 15) is 4.79 Å². The molecule has 1 aromatic carbocycles. The summed E-state index contributed by atoms with van der Waals surface area (Å²) >= 11 is 3.37. The van der Waals surface area contributed by atoms with Gasteiger partial charge in [-0.3, -0.25) is 0 Å². The normalized spacial score (nSPS) is 12.3. The molecule has 0 saturated carbocycles. The molecule has 0 aliphatic carbocycles. The van der Waals surface area contributed by atoms with Gasteiger partial charge in [0, 0.05) is 4.47 Å². The predicted octanol–water partition coefficient (Wildman–Crippen LogP) is 4.02. The first-order valence-corrected chi connectivity index (χ1v) is 6.54. The lowest BCUT2D eigenvalue weighted by Crippen LogP contribution is -1.99. The molecule has 0 saturated heterocycles. The van der Waals surface area contributed by atoms with E-state index < -0.39 is 5.97 Å². The third kappa shape index (κ3) is 3.68. The molecule has 1 heterocycles. The fraction of sp³-hybridized carbons (Fsp3) is 0.214. The van der Waals surface area contributed by atoms with Crippen LogP contribution < -0.4 is 0 Å². The standard InChI is InChI=1S/C14H13BrO4/c1-9(12-6-7-13(19-12)14(16)17)18-8-10-2-4-11(15)5-3-10/h2-7,9H,8H2,1H3,(H,16,17). The molecule has 100 valence electrons. The van der Waals surface area contributed by atoms with Crippen LogP contribution in [0.2, 0.25) is 0 Å². The number of carbonyl (C=O) groups is 1. The van der Waals surface area contributed by atoms with Gasteiger partial charge in [0.25, 0.3) is 0 Å². The maximum atomic E-state index is 10.7. The van der Waals surface area contributed by atoms with E-state index in [2.05, 4.69) is 15.9 Å². The van der Waals surface area contributed by atoms with E-state index in [0.29, 0.717) is 12.4 Å². The molecule has 1 unspecified atom stereocenters. The van der Waals surface area contributed by atoms with Gasteiger partial charge in [-0.25, -0.2) is 4.79 Å². The summed E-state index contributed by atoms with van der Waals surface area (Å²) in [6.07, 6.45) is -0.295. The quantitative estimate of drug-likeness (QED) is 0.902. The van der Waals surface area contributed by atoms with Gasteiger partial charge in [-0.15, -0.1) is 0 Å². The Morgan fingerprint density at radius 3 is 2.58 bits per heavy atom. The van der Waals surface area contributed by atoms with Crippen molar-refractivity contribution in [3.8, 4) is 0 Å². The van der Waals surface area contributed by atoms with Crippen molar-refractivity contribution in [2.24, 2.45) is 0 Å². The second-order valence-corrected chi connectivity index (χ2v) is 5.00. The lowest BCUT2D eigenvalue weighted by Gasteiger charge is -2.10. The van der Waals surface area contributed by atoms with Crippen LogP contribution in [0.1, 0.15) is 34.9 Å². The summed E-state index contributed by atoms with van der Waals surface area (Å²) < 4.78 is 11.8. The number of carboxylic acid groups (broad SMARTS) is 1. The first-order chi connectivity index (χ1) is 9.06. The van der Waals surface area contributed by atoms with Crippen molar-refractivity contribution < 1.29 is 19.1 Å². The molecule has 2 aromatic rings. The van der Waals surface area contributed by atoms with Gasteiger partial charge in [-0.2, -0.15) is 0 Å². The number of hydrogen-bond acceptors (Lipinski definition) is 3. The summed E-state index contributed by atoms with van der Waals surface area (Å²) in [4.78, 5) is 10.7. The predicted molar refractivity (Wildman–Crippen MR) is 73.0 cm³/mol. The molecule has 1 aromatic heterocycles. The first-order valence-electron chi connectivity index (χ1n) is 5.75. The Morgan fingerprint density at radius 2 is 2.00 bits per heavy atom.